The molecule has 6 rings (SSSR count). The Bertz CT molecular complexity index is 1120. The molecule has 3 saturated heterocycles. The van der Waals surface area contributed by atoms with Crippen molar-refractivity contribution in [3.8, 4) is 0 Å². The highest BCUT2D eigenvalue weighted by atomic mass is 16.5. The molecule has 0 unspecified atom stereocenters. The molecule has 0 aliphatic carbocycles. The van der Waals surface area contributed by atoms with Gasteiger partial charge in [0.1, 0.15) is 5.52 Å². The number of carbonyl (C=O) groups excluding carboxylic acids is 1. The van der Waals surface area contributed by atoms with Crippen LogP contribution in [0.15, 0.2) is 43.0 Å². The van der Waals surface area contributed by atoms with Crippen molar-refractivity contribution in [3.05, 3.63) is 54.2 Å². The molecule has 1 amide bonds. The molecular weight excluding hydrogens is 382 g/mol. The van der Waals surface area contributed by atoms with Crippen LogP contribution >= 0.6 is 0 Å². The van der Waals surface area contributed by atoms with Gasteiger partial charge in [0.2, 0.25) is 0 Å². The molecule has 154 valence electrons. The van der Waals surface area contributed by atoms with E-state index in [0.717, 1.165) is 24.2 Å². The number of ether oxygens (including phenoxy) is 1. The second-order valence-electron chi connectivity index (χ2n) is 8.66. The first kappa shape index (κ1) is 18.0. The number of nitrogens with zero attached hydrogens (tertiary/aromatic N) is 5. The number of imidazole rings is 1. The highest BCUT2D eigenvalue weighted by Gasteiger charge is 2.63. The third-order valence-corrected chi connectivity index (χ3v) is 7.04. The standard InChI is InChI=1S/C22H23N5O3/c28-11-16-17-10-26(12-22(17)5-4-19(16)30-22)21(29)14-7-18-20(24-8-14)27(13-25-18)9-15-3-1-2-6-23-15/h1-3,6-8,13,16-17,19,28H,4-5,9-12H2/t16-,17+,19+,22+/m1/s1. The molecule has 6 heterocycles. The number of likely N-dealkylation sites (tertiary alicyclic amines) is 1. The SMILES string of the molecule is O=C(c1cnc2c(c1)ncn2Cc1ccccn1)N1C[C@H]2[C@@H](CO)[C@@H]3CC[C@@]2(C1)O3. The number of aromatic nitrogens is 4. The van der Waals surface area contributed by atoms with Crippen LogP contribution in [0.25, 0.3) is 11.2 Å². The van der Waals surface area contributed by atoms with Crippen molar-refractivity contribution in [2.45, 2.75) is 31.1 Å². The van der Waals surface area contributed by atoms with Gasteiger partial charge in [-0.05, 0) is 31.0 Å². The van der Waals surface area contributed by atoms with Crippen LogP contribution in [0, 0.1) is 11.8 Å². The minimum absolute atomic E-state index is 0.0452. The molecule has 0 radical (unpaired) electrons. The maximum atomic E-state index is 13.2. The molecule has 30 heavy (non-hydrogen) atoms. The van der Waals surface area contributed by atoms with Crippen LogP contribution < -0.4 is 0 Å². The van der Waals surface area contributed by atoms with Gasteiger partial charge in [-0.1, -0.05) is 6.07 Å². The number of hydrogen-bond acceptors (Lipinski definition) is 6. The van der Waals surface area contributed by atoms with Crippen LogP contribution in [-0.4, -0.2) is 66.8 Å². The lowest BCUT2D eigenvalue weighted by Crippen LogP contribution is -2.38. The number of aliphatic hydroxyl groups is 1. The van der Waals surface area contributed by atoms with E-state index in [1.54, 1.807) is 18.7 Å². The fraction of sp³-hybridized carbons (Fsp3) is 0.455. The maximum absolute atomic E-state index is 13.2. The summed E-state index contributed by atoms with van der Waals surface area (Å²) in [4.78, 5) is 28.4. The molecule has 3 fully saturated rings. The number of aliphatic hydroxyl groups excluding tert-OH is 1. The first-order valence-electron chi connectivity index (χ1n) is 10.5. The fourth-order valence-corrected chi connectivity index (χ4v) is 5.62. The first-order valence-corrected chi connectivity index (χ1v) is 10.5. The Morgan fingerprint density at radius 2 is 2.23 bits per heavy atom. The summed E-state index contributed by atoms with van der Waals surface area (Å²) in [6, 6.07) is 7.61. The van der Waals surface area contributed by atoms with Crippen molar-refractivity contribution in [1.29, 1.82) is 0 Å². The quantitative estimate of drug-likeness (QED) is 0.707. The van der Waals surface area contributed by atoms with Gasteiger partial charge in [0.05, 0.1) is 42.4 Å². The van der Waals surface area contributed by atoms with Gasteiger partial charge in [0.25, 0.3) is 5.91 Å². The molecule has 2 bridgehead atoms. The highest BCUT2D eigenvalue weighted by molar-refractivity contribution is 5.96. The fourth-order valence-electron chi connectivity index (χ4n) is 5.62. The number of rotatable bonds is 4. The van der Waals surface area contributed by atoms with Crippen LogP contribution in [0.4, 0.5) is 0 Å². The number of pyridine rings is 2. The molecular formula is C22H23N5O3. The highest BCUT2D eigenvalue weighted by Crippen LogP contribution is 2.54. The second kappa shape index (κ2) is 6.58. The molecule has 8 nitrogen and oxygen atoms in total. The Hall–Kier alpha value is -2.84. The van der Waals surface area contributed by atoms with Crippen LogP contribution in [0.5, 0.6) is 0 Å². The number of fused-ring (bicyclic) bond motifs is 2. The minimum Gasteiger partial charge on any atom is -0.396 e. The van der Waals surface area contributed by atoms with E-state index in [2.05, 4.69) is 15.0 Å². The van der Waals surface area contributed by atoms with Gasteiger partial charge in [-0.3, -0.25) is 9.78 Å². The van der Waals surface area contributed by atoms with E-state index in [1.807, 2.05) is 33.7 Å². The summed E-state index contributed by atoms with van der Waals surface area (Å²) >= 11 is 0. The van der Waals surface area contributed by atoms with Gasteiger partial charge >= 0.3 is 0 Å². The third kappa shape index (κ3) is 2.60. The van der Waals surface area contributed by atoms with Crippen LogP contribution in [-0.2, 0) is 11.3 Å². The monoisotopic (exact) mass is 405 g/mol. The van der Waals surface area contributed by atoms with E-state index >= 15 is 0 Å². The second-order valence-corrected chi connectivity index (χ2v) is 8.66. The van der Waals surface area contributed by atoms with Gasteiger partial charge in [0, 0.05) is 37.4 Å². The first-order chi connectivity index (χ1) is 14.7. The Morgan fingerprint density at radius 1 is 1.30 bits per heavy atom. The predicted molar refractivity (Wildman–Crippen MR) is 108 cm³/mol. The van der Waals surface area contributed by atoms with Crippen molar-refractivity contribution in [3.63, 3.8) is 0 Å². The summed E-state index contributed by atoms with van der Waals surface area (Å²) in [6.45, 7) is 1.93. The Morgan fingerprint density at radius 3 is 3.07 bits per heavy atom. The Balaban J connectivity index is 1.24. The van der Waals surface area contributed by atoms with E-state index in [-0.39, 0.29) is 36.1 Å². The van der Waals surface area contributed by atoms with Crippen molar-refractivity contribution >= 4 is 17.1 Å². The summed E-state index contributed by atoms with van der Waals surface area (Å²) in [5.74, 6) is 0.315. The van der Waals surface area contributed by atoms with E-state index in [0.29, 0.717) is 30.7 Å². The minimum atomic E-state index is -0.268. The van der Waals surface area contributed by atoms with E-state index in [1.165, 1.54) is 0 Å². The molecule has 0 saturated carbocycles. The molecule has 8 heteroatoms. The average Bonchev–Trinajstić information content (AvgIpc) is 3.52. The Kier molecular flexibility index (Phi) is 3.94. The summed E-state index contributed by atoms with van der Waals surface area (Å²) in [6.07, 6.45) is 7.23. The normalized spacial score (nSPS) is 29.6. The van der Waals surface area contributed by atoms with Crippen LogP contribution in [0.3, 0.4) is 0 Å². The van der Waals surface area contributed by atoms with Gasteiger partial charge in [-0.25, -0.2) is 9.97 Å². The molecule has 3 aliphatic rings. The zero-order chi connectivity index (χ0) is 20.3. The topological polar surface area (TPSA) is 93.4 Å². The van der Waals surface area contributed by atoms with Gasteiger partial charge in [0.15, 0.2) is 5.65 Å². The van der Waals surface area contributed by atoms with Gasteiger partial charge in [-0.15, -0.1) is 0 Å². The summed E-state index contributed by atoms with van der Waals surface area (Å²) in [7, 11) is 0. The lowest BCUT2D eigenvalue weighted by Gasteiger charge is -2.27. The molecule has 3 aromatic rings. The molecule has 1 N–H and O–H groups in total. The summed E-state index contributed by atoms with van der Waals surface area (Å²) < 4.78 is 8.18. The maximum Gasteiger partial charge on any atom is 0.255 e. The van der Waals surface area contributed by atoms with Crippen molar-refractivity contribution < 1.29 is 14.6 Å². The van der Waals surface area contributed by atoms with Gasteiger partial charge < -0.3 is 19.3 Å². The zero-order valence-corrected chi connectivity index (χ0v) is 16.5. The van der Waals surface area contributed by atoms with E-state index in [9.17, 15) is 9.90 Å². The van der Waals surface area contributed by atoms with Crippen molar-refractivity contribution in [2.75, 3.05) is 19.7 Å². The molecule has 4 atom stereocenters. The average molecular weight is 405 g/mol. The molecule has 3 aromatic heterocycles. The third-order valence-electron chi connectivity index (χ3n) is 7.04. The molecule has 0 aromatic carbocycles. The van der Waals surface area contributed by atoms with Gasteiger partial charge in [-0.2, -0.15) is 0 Å². The smallest absolute Gasteiger partial charge is 0.255 e. The van der Waals surface area contributed by atoms with E-state index in [4.69, 9.17) is 4.74 Å². The van der Waals surface area contributed by atoms with Crippen molar-refractivity contribution in [2.24, 2.45) is 11.8 Å². The van der Waals surface area contributed by atoms with Crippen molar-refractivity contribution in [1.82, 2.24) is 24.4 Å². The number of hydrogen-bond donors (Lipinski definition) is 1. The summed E-state index contributed by atoms with van der Waals surface area (Å²) in [5, 5.41) is 9.79. The summed E-state index contributed by atoms with van der Waals surface area (Å²) in [5.41, 5.74) is 2.62. The largest absolute Gasteiger partial charge is 0.396 e. The Labute approximate surface area is 173 Å². The lowest BCUT2D eigenvalue weighted by molar-refractivity contribution is 0.00154. The van der Waals surface area contributed by atoms with Crippen LogP contribution in [0.1, 0.15) is 28.9 Å². The number of carbonyl (C=O) groups is 1. The zero-order valence-electron chi connectivity index (χ0n) is 16.5. The predicted octanol–water partition coefficient (Wildman–Crippen LogP) is 1.49. The van der Waals surface area contributed by atoms with Crippen LogP contribution in [0.2, 0.25) is 0 Å². The lowest BCUT2D eigenvalue weighted by atomic mass is 9.74. The molecule has 3 aliphatic heterocycles. The number of amides is 1. The van der Waals surface area contributed by atoms with E-state index < -0.39 is 0 Å². The molecule has 1 spiro atoms.